The Bertz CT molecular complexity index is 840. The summed E-state index contributed by atoms with van der Waals surface area (Å²) < 4.78 is 13.3. The predicted octanol–water partition coefficient (Wildman–Crippen LogP) is 3.04. The van der Waals surface area contributed by atoms with E-state index in [0.29, 0.717) is 24.2 Å². The number of hydrogen-bond donors (Lipinski definition) is 1. The first-order valence-electron chi connectivity index (χ1n) is 9.30. The zero-order chi connectivity index (χ0) is 18.9. The van der Waals surface area contributed by atoms with Gasteiger partial charge in [0.15, 0.2) is 0 Å². The number of rotatable bonds is 3. The van der Waals surface area contributed by atoms with E-state index in [4.69, 9.17) is 0 Å². The SMILES string of the molecule is O=C(NC1CC2(CCN(C(=O)c3cccc(F)c3)CC2)C1)c1cccnc1. The van der Waals surface area contributed by atoms with Gasteiger partial charge in [0, 0.05) is 37.1 Å². The molecule has 1 N–H and O–H groups in total. The largest absolute Gasteiger partial charge is 0.349 e. The van der Waals surface area contributed by atoms with Gasteiger partial charge in [0.05, 0.1) is 5.56 Å². The molecule has 1 aromatic carbocycles. The number of nitrogens with zero attached hydrogens (tertiary/aromatic N) is 2. The van der Waals surface area contributed by atoms with Crippen LogP contribution in [-0.4, -0.2) is 40.8 Å². The summed E-state index contributed by atoms with van der Waals surface area (Å²) in [6.45, 7) is 1.36. The van der Waals surface area contributed by atoms with E-state index < -0.39 is 0 Å². The van der Waals surface area contributed by atoms with Gasteiger partial charge in [-0.05, 0) is 61.4 Å². The van der Waals surface area contributed by atoms with Gasteiger partial charge in [0.2, 0.25) is 0 Å². The van der Waals surface area contributed by atoms with Gasteiger partial charge < -0.3 is 10.2 Å². The molecule has 4 rings (SSSR count). The summed E-state index contributed by atoms with van der Waals surface area (Å²) in [4.78, 5) is 30.5. The zero-order valence-corrected chi connectivity index (χ0v) is 15.0. The first kappa shape index (κ1) is 17.6. The van der Waals surface area contributed by atoms with Gasteiger partial charge >= 0.3 is 0 Å². The van der Waals surface area contributed by atoms with Crippen molar-refractivity contribution in [2.24, 2.45) is 5.41 Å². The number of pyridine rings is 1. The van der Waals surface area contributed by atoms with Gasteiger partial charge in [-0.3, -0.25) is 14.6 Å². The van der Waals surface area contributed by atoms with Gasteiger partial charge in [-0.15, -0.1) is 0 Å². The predicted molar refractivity (Wildman–Crippen MR) is 98.7 cm³/mol. The Morgan fingerprint density at radius 2 is 1.85 bits per heavy atom. The second-order valence-electron chi connectivity index (χ2n) is 7.62. The lowest BCUT2D eigenvalue weighted by atomic mass is 9.60. The number of carbonyl (C=O) groups excluding carboxylic acids is 2. The summed E-state index contributed by atoms with van der Waals surface area (Å²) >= 11 is 0. The molecule has 1 saturated heterocycles. The third-order valence-electron chi connectivity index (χ3n) is 5.80. The molecular weight excluding hydrogens is 345 g/mol. The van der Waals surface area contributed by atoms with Crippen molar-refractivity contribution in [2.75, 3.05) is 13.1 Å². The number of hydrogen-bond acceptors (Lipinski definition) is 3. The number of carbonyl (C=O) groups is 2. The number of amides is 2. The number of benzene rings is 1. The molecule has 2 fully saturated rings. The molecule has 0 radical (unpaired) electrons. The maximum atomic E-state index is 13.3. The molecule has 1 aliphatic heterocycles. The van der Waals surface area contributed by atoms with Crippen molar-refractivity contribution in [3.8, 4) is 0 Å². The average molecular weight is 367 g/mol. The van der Waals surface area contributed by atoms with Crippen LogP contribution in [0.1, 0.15) is 46.4 Å². The first-order chi connectivity index (χ1) is 13.0. The van der Waals surface area contributed by atoms with Crippen LogP contribution in [-0.2, 0) is 0 Å². The fourth-order valence-corrected chi connectivity index (χ4v) is 4.25. The van der Waals surface area contributed by atoms with Crippen LogP contribution in [0.3, 0.4) is 0 Å². The number of halogens is 1. The molecule has 0 atom stereocenters. The molecule has 1 saturated carbocycles. The Morgan fingerprint density at radius 1 is 1.11 bits per heavy atom. The quantitative estimate of drug-likeness (QED) is 0.907. The van der Waals surface area contributed by atoms with Crippen LogP contribution in [0, 0.1) is 11.2 Å². The van der Waals surface area contributed by atoms with Crippen LogP contribution >= 0.6 is 0 Å². The Balaban J connectivity index is 1.28. The summed E-state index contributed by atoms with van der Waals surface area (Å²) in [6.07, 6.45) is 6.96. The van der Waals surface area contributed by atoms with Crippen LogP contribution in [0.4, 0.5) is 4.39 Å². The Labute approximate surface area is 157 Å². The second-order valence-corrected chi connectivity index (χ2v) is 7.62. The average Bonchev–Trinajstić information content (AvgIpc) is 2.67. The molecule has 2 aromatic rings. The highest BCUT2D eigenvalue weighted by molar-refractivity contribution is 5.94. The third kappa shape index (κ3) is 3.70. The summed E-state index contributed by atoms with van der Waals surface area (Å²) in [5.74, 6) is -0.577. The second kappa shape index (κ2) is 7.10. The molecule has 27 heavy (non-hydrogen) atoms. The topological polar surface area (TPSA) is 62.3 Å². The molecule has 0 bridgehead atoms. The molecule has 1 aromatic heterocycles. The van der Waals surface area contributed by atoms with Gasteiger partial charge in [-0.25, -0.2) is 4.39 Å². The minimum Gasteiger partial charge on any atom is -0.349 e. The highest BCUT2D eigenvalue weighted by Gasteiger charge is 2.46. The fourth-order valence-electron chi connectivity index (χ4n) is 4.25. The fraction of sp³-hybridized carbons (Fsp3) is 0.381. The van der Waals surface area contributed by atoms with E-state index in [1.54, 1.807) is 36.7 Å². The first-order valence-corrected chi connectivity index (χ1v) is 9.30. The van der Waals surface area contributed by atoms with Crippen molar-refractivity contribution >= 4 is 11.8 Å². The zero-order valence-electron chi connectivity index (χ0n) is 15.0. The van der Waals surface area contributed by atoms with Crippen molar-refractivity contribution in [3.05, 3.63) is 65.7 Å². The van der Waals surface area contributed by atoms with Crippen molar-refractivity contribution in [1.82, 2.24) is 15.2 Å². The minimum absolute atomic E-state index is 0.0818. The number of piperidine rings is 1. The van der Waals surface area contributed by atoms with Crippen molar-refractivity contribution in [1.29, 1.82) is 0 Å². The Morgan fingerprint density at radius 3 is 2.52 bits per heavy atom. The molecule has 5 nitrogen and oxygen atoms in total. The van der Waals surface area contributed by atoms with Crippen molar-refractivity contribution in [2.45, 2.75) is 31.7 Å². The van der Waals surface area contributed by atoms with Crippen LogP contribution in [0.15, 0.2) is 48.8 Å². The van der Waals surface area contributed by atoms with Crippen LogP contribution in [0.25, 0.3) is 0 Å². The van der Waals surface area contributed by atoms with Gasteiger partial charge in [-0.1, -0.05) is 6.07 Å². The maximum absolute atomic E-state index is 13.3. The minimum atomic E-state index is -0.388. The summed E-state index contributed by atoms with van der Waals surface area (Å²) in [7, 11) is 0. The molecule has 0 unspecified atom stereocenters. The van der Waals surface area contributed by atoms with E-state index in [1.165, 1.54) is 12.1 Å². The lowest BCUT2D eigenvalue weighted by Gasteiger charge is -2.52. The molecule has 1 aliphatic carbocycles. The number of likely N-dealkylation sites (tertiary alicyclic amines) is 1. The Hall–Kier alpha value is -2.76. The van der Waals surface area contributed by atoms with Gasteiger partial charge in [0.25, 0.3) is 11.8 Å². The monoisotopic (exact) mass is 367 g/mol. The molecule has 1 spiro atoms. The highest BCUT2D eigenvalue weighted by Crippen LogP contribution is 2.49. The Kier molecular flexibility index (Phi) is 4.64. The summed E-state index contributed by atoms with van der Waals surface area (Å²) in [5.41, 5.74) is 1.20. The molecular formula is C21H22FN3O2. The highest BCUT2D eigenvalue weighted by atomic mass is 19.1. The number of nitrogens with one attached hydrogen (secondary N) is 1. The molecule has 2 heterocycles. The number of aromatic nitrogens is 1. The van der Waals surface area contributed by atoms with Gasteiger partial charge in [-0.2, -0.15) is 0 Å². The van der Waals surface area contributed by atoms with Crippen LogP contribution < -0.4 is 5.32 Å². The van der Waals surface area contributed by atoms with E-state index in [2.05, 4.69) is 10.3 Å². The van der Waals surface area contributed by atoms with E-state index in [9.17, 15) is 14.0 Å². The van der Waals surface area contributed by atoms with E-state index >= 15 is 0 Å². The molecule has 2 aliphatic rings. The lowest BCUT2D eigenvalue weighted by molar-refractivity contribution is 0.00861. The molecule has 2 amide bonds. The van der Waals surface area contributed by atoms with E-state index in [1.807, 2.05) is 4.90 Å². The van der Waals surface area contributed by atoms with Crippen molar-refractivity contribution < 1.29 is 14.0 Å². The van der Waals surface area contributed by atoms with Gasteiger partial charge in [0.1, 0.15) is 5.82 Å². The standard InChI is InChI=1S/C21H22FN3O2/c22-17-5-1-3-15(11-17)20(27)25-9-6-21(7-10-25)12-18(13-21)24-19(26)16-4-2-8-23-14-16/h1-5,8,11,14,18H,6-7,9-10,12-13H2,(H,24,26). The molecule has 140 valence electrons. The normalized spacial score (nSPS) is 18.8. The third-order valence-corrected chi connectivity index (χ3v) is 5.80. The van der Waals surface area contributed by atoms with E-state index in [0.717, 1.165) is 25.7 Å². The molecule has 6 heteroatoms. The lowest BCUT2D eigenvalue weighted by Crippen LogP contribution is -2.55. The summed E-state index contributed by atoms with van der Waals surface area (Å²) in [5, 5.41) is 3.07. The smallest absolute Gasteiger partial charge is 0.253 e. The maximum Gasteiger partial charge on any atom is 0.253 e. The summed E-state index contributed by atoms with van der Waals surface area (Å²) in [6, 6.07) is 9.55. The van der Waals surface area contributed by atoms with Crippen LogP contribution in [0.2, 0.25) is 0 Å². The van der Waals surface area contributed by atoms with E-state index in [-0.39, 0.29) is 29.1 Å². The van der Waals surface area contributed by atoms with Crippen LogP contribution in [0.5, 0.6) is 0 Å². The van der Waals surface area contributed by atoms with Crippen molar-refractivity contribution in [3.63, 3.8) is 0 Å².